The van der Waals surface area contributed by atoms with Crippen LogP contribution in [0.25, 0.3) is 0 Å². The quantitative estimate of drug-likeness (QED) is 0.906. The molecule has 0 saturated carbocycles. The van der Waals surface area contributed by atoms with Crippen LogP contribution in [0, 0.1) is 6.92 Å². The van der Waals surface area contributed by atoms with Crippen molar-refractivity contribution in [3.8, 4) is 0 Å². The van der Waals surface area contributed by atoms with Gasteiger partial charge in [-0.25, -0.2) is 8.42 Å². The molecule has 96 valence electrons. The van der Waals surface area contributed by atoms with Crippen molar-refractivity contribution in [1.82, 2.24) is 9.71 Å². The summed E-state index contributed by atoms with van der Waals surface area (Å²) in [5, 5.41) is 0. The highest BCUT2D eigenvalue weighted by molar-refractivity contribution is 7.89. The monoisotopic (exact) mass is 268 g/mol. The van der Waals surface area contributed by atoms with E-state index in [0.29, 0.717) is 5.69 Å². The van der Waals surface area contributed by atoms with Gasteiger partial charge in [0.05, 0.1) is 0 Å². The standard InChI is InChI=1S/C9H11F3N2O2S/c1-6-3-4-8(5-13-6)17(15,16)14-7(2)9(10,11)12/h3-5,7,14H,1-2H3/t7-/m0/s1. The Morgan fingerprint density at radius 3 is 2.35 bits per heavy atom. The van der Waals surface area contributed by atoms with Crippen molar-refractivity contribution >= 4 is 10.0 Å². The molecule has 0 unspecified atom stereocenters. The van der Waals surface area contributed by atoms with Crippen molar-refractivity contribution in [2.75, 3.05) is 0 Å². The molecule has 0 aromatic carbocycles. The van der Waals surface area contributed by atoms with Crippen LogP contribution in [0.2, 0.25) is 0 Å². The van der Waals surface area contributed by atoms with Crippen LogP contribution in [0.4, 0.5) is 13.2 Å². The van der Waals surface area contributed by atoms with Gasteiger partial charge in [0, 0.05) is 11.9 Å². The smallest absolute Gasteiger partial charge is 0.260 e. The van der Waals surface area contributed by atoms with Crippen LogP contribution in [0.3, 0.4) is 0 Å². The number of halogens is 3. The molecule has 0 radical (unpaired) electrons. The van der Waals surface area contributed by atoms with Crippen LogP contribution < -0.4 is 4.72 Å². The summed E-state index contributed by atoms with van der Waals surface area (Å²) in [6, 6.07) is 0.467. The molecule has 0 aliphatic carbocycles. The second-order valence-corrected chi connectivity index (χ2v) is 5.23. The van der Waals surface area contributed by atoms with Crippen molar-refractivity contribution in [2.24, 2.45) is 0 Å². The van der Waals surface area contributed by atoms with Gasteiger partial charge < -0.3 is 0 Å². The molecule has 1 aromatic heterocycles. The van der Waals surface area contributed by atoms with E-state index < -0.39 is 22.2 Å². The van der Waals surface area contributed by atoms with Crippen molar-refractivity contribution in [3.05, 3.63) is 24.0 Å². The third-order valence-electron chi connectivity index (χ3n) is 2.02. The predicted octanol–water partition coefficient (Wildman–Crippen LogP) is 1.62. The Labute approximate surface area is 96.9 Å². The third-order valence-corrected chi connectivity index (χ3v) is 3.54. The highest BCUT2D eigenvalue weighted by atomic mass is 32.2. The van der Waals surface area contributed by atoms with Crippen LogP contribution in [0.5, 0.6) is 0 Å². The minimum absolute atomic E-state index is 0.292. The zero-order valence-corrected chi connectivity index (χ0v) is 9.93. The molecule has 1 atom stereocenters. The van der Waals surface area contributed by atoms with E-state index in [0.717, 1.165) is 13.1 Å². The summed E-state index contributed by atoms with van der Waals surface area (Å²) in [6.07, 6.45) is -3.61. The van der Waals surface area contributed by atoms with Gasteiger partial charge in [0.15, 0.2) is 0 Å². The molecule has 0 bridgehead atoms. The molecule has 0 aliphatic heterocycles. The van der Waals surface area contributed by atoms with Crippen LogP contribution in [0.1, 0.15) is 12.6 Å². The number of hydrogen-bond donors (Lipinski definition) is 1. The second-order valence-electron chi connectivity index (χ2n) is 3.52. The Balaban J connectivity index is 2.94. The topological polar surface area (TPSA) is 59.1 Å². The van der Waals surface area contributed by atoms with Crippen molar-refractivity contribution in [1.29, 1.82) is 0 Å². The largest absolute Gasteiger partial charge is 0.404 e. The highest BCUT2D eigenvalue weighted by Crippen LogP contribution is 2.21. The van der Waals surface area contributed by atoms with Gasteiger partial charge >= 0.3 is 6.18 Å². The fourth-order valence-electron chi connectivity index (χ4n) is 0.981. The van der Waals surface area contributed by atoms with Gasteiger partial charge in [0.1, 0.15) is 10.9 Å². The average Bonchev–Trinajstić information content (AvgIpc) is 2.16. The number of aryl methyl sites for hydroxylation is 1. The van der Waals surface area contributed by atoms with Crippen molar-refractivity contribution in [3.63, 3.8) is 0 Å². The lowest BCUT2D eigenvalue weighted by Gasteiger charge is -2.17. The van der Waals surface area contributed by atoms with Gasteiger partial charge in [0.25, 0.3) is 0 Å². The summed E-state index contributed by atoms with van der Waals surface area (Å²) in [7, 11) is -4.19. The number of nitrogens with zero attached hydrogens (tertiary/aromatic N) is 1. The number of nitrogens with one attached hydrogen (secondary N) is 1. The lowest BCUT2D eigenvalue weighted by atomic mass is 10.4. The Morgan fingerprint density at radius 2 is 1.94 bits per heavy atom. The van der Waals surface area contributed by atoms with E-state index in [4.69, 9.17) is 0 Å². The van der Waals surface area contributed by atoms with E-state index in [2.05, 4.69) is 4.98 Å². The Bertz CT molecular complexity index is 482. The van der Waals surface area contributed by atoms with Gasteiger partial charge in [0.2, 0.25) is 10.0 Å². The lowest BCUT2D eigenvalue weighted by molar-refractivity contribution is -0.147. The number of pyridine rings is 1. The summed E-state index contributed by atoms with van der Waals surface area (Å²) in [5.74, 6) is 0. The first kappa shape index (κ1) is 13.9. The predicted molar refractivity (Wildman–Crippen MR) is 54.8 cm³/mol. The fourth-order valence-corrected chi connectivity index (χ4v) is 2.15. The number of hydrogen-bond acceptors (Lipinski definition) is 3. The van der Waals surface area contributed by atoms with E-state index in [1.807, 2.05) is 0 Å². The highest BCUT2D eigenvalue weighted by Gasteiger charge is 2.38. The van der Waals surface area contributed by atoms with Gasteiger partial charge in [-0.3, -0.25) is 4.98 Å². The first-order valence-electron chi connectivity index (χ1n) is 4.64. The van der Waals surface area contributed by atoms with E-state index >= 15 is 0 Å². The van der Waals surface area contributed by atoms with Crippen LogP contribution in [0.15, 0.2) is 23.2 Å². The number of alkyl halides is 3. The van der Waals surface area contributed by atoms with Crippen molar-refractivity contribution < 1.29 is 21.6 Å². The Morgan fingerprint density at radius 1 is 1.35 bits per heavy atom. The minimum Gasteiger partial charge on any atom is -0.260 e. The molecule has 1 N–H and O–H groups in total. The summed E-state index contributed by atoms with van der Waals surface area (Å²) in [5.41, 5.74) is 0.577. The van der Waals surface area contributed by atoms with Gasteiger partial charge in [-0.1, -0.05) is 0 Å². The van der Waals surface area contributed by atoms with E-state index in [9.17, 15) is 21.6 Å². The summed E-state index contributed by atoms with van der Waals surface area (Å²) in [6.45, 7) is 2.38. The van der Waals surface area contributed by atoms with Crippen LogP contribution in [-0.2, 0) is 10.0 Å². The second kappa shape index (κ2) is 4.61. The molecule has 1 rings (SSSR count). The van der Waals surface area contributed by atoms with Gasteiger partial charge in [-0.05, 0) is 26.0 Å². The average molecular weight is 268 g/mol. The zero-order valence-electron chi connectivity index (χ0n) is 9.12. The maximum Gasteiger partial charge on any atom is 0.404 e. The SMILES string of the molecule is Cc1ccc(S(=O)(=O)N[C@@H](C)C(F)(F)F)cn1. The summed E-state index contributed by atoms with van der Waals surface area (Å²) >= 11 is 0. The zero-order chi connectivity index (χ0) is 13.3. The molecule has 0 fully saturated rings. The lowest BCUT2D eigenvalue weighted by Crippen LogP contribution is -2.42. The molecule has 1 aromatic rings. The fraction of sp³-hybridized carbons (Fsp3) is 0.444. The van der Waals surface area contributed by atoms with Crippen LogP contribution >= 0.6 is 0 Å². The van der Waals surface area contributed by atoms with Gasteiger partial charge in [-0.15, -0.1) is 0 Å². The molecule has 4 nitrogen and oxygen atoms in total. The molecule has 0 saturated heterocycles. The molecule has 8 heteroatoms. The third kappa shape index (κ3) is 3.67. The first-order chi connectivity index (χ1) is 7.63. The summed E-state index contributed by atoms with van der Waals surface area (Å²) in [4.78, 5) is 3.42. The van der Waals surface area contributed by atoms with Crippen LogP contribution in [-0.4, -0.2) is 25.6 Å². The summed E-state index contributed by atoms with van der Waals surface area (Å²) < 4.78 is 61.3. The van der Waals surface area contributed by atoms with E-state index in [-0.39, 0.29) is 4.90 Å². The van der Waals surface area contributed by atoms with E-state index in [1.54, 1.807) is 6.92 Å². The Hall–Kier alpha value is -1.15. The molecule has 17 heavy (non-hydrogen) atoms. The normalized spacial score (nSPS) is 14.6. The molecule has 1 heterocycles. The first-order valence-corrected chi connectivity index (χ1v) is 6.13. The maximum atomic E-state index is 12.2. The van der Waals surface area contributed by atoms with E-state index in [1.165, 1.54) is 16.9 Å². The Kier molecular flexibility index (Phi) is 3.78. The maximum absolute atomic E-state index is 12.2. The van der Waals surface area contributed by atoms with Gasteiger partial charge in [-0.2, -0.15) is 17.9 Å². The molecule has 0 aliphatic rings. The number of sulfonamides is 1. The molecule has 0 spiro atoms. The molecule has 0 amide bonds. The number of aromatic nitrogens is 1. The molecular weight excluding hydrogens is 257 g/mol. The minimum atomic E-state index is -4.62. The molecular formula is C9H11F3N2O2S. The number of rotatable bonds is 3. The van der Waals surface area contributed by atoms with Crippen molar-refractivity contribution in [2.45, 2.75) is 31.0 Å².